The summed E-state index contributed by atoms with van der Waals surface area (Å²) in [6.07, 6.45) is 0.986. The van der Waals surface area contributed by atoms with Crippen LogP contribution in [0.4, 0.5) is 0 Å². The third-order valence-corrected chi connectivity index (χ3v) is 4.08. The third-order valence-electron chi connectivity index (χ3n) is 3.25. The van der Waals surface area contributed by atoms with Gasteiger partial charge in [0, 0.05) is 0 Å². The van der Waals surface area contributed by atoms with Gasteiger partial charge in [0.1, 0.15) is 5.75 Å². The van der Waals surface area contributed by atoms with Crippen molar-refractivity contribution in [1.29, 1.82) is 0 Å². The predicted octanol–water partition coefficient (Wildman–Crippen LogP) is 5.09. The Morgan fingerprint density at radius 1 is 1.14 bits per heavy atom. The lowest BCUT2D eigenvalue weighted by Crippen LogP contribution is -2.18. The molecule has 2 aromatic carbocycles. The topological polar surface area (TPSA) is 21.3 Å². The van der Waals surface area contributed by atoms with E-state index in [1.165, 1.54) is 0 Å². The van der Waals surface area contributed by atoms with Gasteiger partial charge in [0.25, 0.3) is 0 Å². The third kappa shape index (κ3) is 3.91. The summed E-state index contributed by atoms with van der Waals surface area (Å²) in [5.74, 6) is 0.868. The van der Waals surface area contributed by atoms with Crippen molar-refractivity contribution in [3.05, 3.63) is 63.6 Å². The maximum Gasteiger partial charge on any atom is 0.119 e. The molecule has 1 atom stereocenters. The fraction of sp³-hybridized carbons (Fsp3) is 0.294. The maximum atomic E-state index is 6.34. The highest BCUT2D eigenvalue weighted by atomic mass is 35.5. The van der Waals surface area contributed by atoms with E-state index in [1.54, 1.807) is 6.07 Å². The molecule has 21 heavy (non-hydrogen) atoms. The Kier molecular flexibility index (Phi) is 5.92. The van der Waals surface area contributed by atoms with Crippen LogP contribution in [0.25, 0.3) is 0 Å². The molecule has 0 aliphatic heterocycles. The van der Waals surface area contributed by atoms with E-state index in [0.717, 1.165) is 23.3 Å². The first-order valence-electron chi connectivity index (χ1n) is 7.01. The van der Waals surface area contributed by atoms with Crippen LogP contribution in [0.3, 0.4) is 0 Å². The molecule has 4 heteroatoms. The van der Waals surface area contributed by atoms with Crippen LogP contribution in [-0.4, -0.2) is 13.7 Å². The first-order valence-corrected chi connectivity index (χ1v) is 7.77. The molecule has 0 aliphatic rings. The summed E-state index contributed by atoms with van der Waals surface area (Å²) in [4.78, 5) is 0. The van der Waals surface area contributed by atoms with Crippen molar-refractivity contribution >= 4 is 23.2 Å². The summed E-state index contributed by atoms with van der Waals surface area (Å²) in [5, 5.41) is 4.43. The molecular weight excluding hydrogens is 305 g/mol. The van der Waals surface area contributed by atoms with Gasteiger partial charge in [-0.25, -0.2) is 0 Å². The number of halogens is 2. The van der Waals surface area contributed by atoms with Gasteiger partial charge in [-0.2, -0.15) is 0 Å². The quantitative estimate of drug-likeness (QED) is 0.799. The summed E-state index contributed by atoms with van der Waals surface area (Å²) >= 11 is 12.5. The molecule has 112 valence electrons. The minimum Gasteiger partial charge on any atom is -0.494 e. The van der Waals surface area contributed by atoms with Gasteiger partial charge in [-0.15, -0.1) is 0 Å². The molecule has 0 spiro atoms. The number of hydrogen-bond acceptors (Lipinski definition) is 2. The van der Waals surface area contributed by atoms with Crippen LogP contribution in [0.2, 0.25) is 10.0 Å². The monoisotopic (exact) mass is 323 g/mol. The van der Waals surface area contributed by atoms with Crippen LogP contribution in [0, 0.1) is 0 Å². The summed E-state index contributed by atoms with van der Waals surface area (Å²) in [6.45, 7) is 2.80. The van der Waals surface area contributed by atoms with Gasteiger partial charge in [-0.3, -0.25) is 0 Å². The van der Waals surface area contributed by atoms with Crippen molar-refractivity contribution in [2.75, 3.05) is 13.7 Å². The van der Waals surface area contributed by atoms with Crippen LogP contribution in [0.15, 0.2) is 42.5 Å². The molecule has 0 saturated carbocycles. The summed E-state index contributed by atoms with van der Waals surface area (Å²) in [5.41, 5.74) is 2.05. The second-order valence-corrected chi connectivity index (χ2v) is 5.57. The van der Waals surface area contributed by atoms with E-state index < -0.39 is 0 Å². The van der Waals surface area contributed by atoms with Gasteiger partial charge in [0.2, 0.25) is 0 Å². The largest absolute Gasteiger partial charge is 0.494 e. The molecule has 0 fully saturated rings. The first-order chi connectivity index (χ1) is 10.2. The Bertz CT molecular complexity index is 601. The lowest BCUT2D eigenvalue weighted by molar-refractivity contribution is 0.317. The zero-order valence-corrected chi connectivity index (χ0v) is 13.7. The van der Waals surface area contributed by atoms with Gasteiger partial charge < -0.3 is 10.1 Å². The smallest absolute Gasteiger partial charge is 0.119 e. The van der Waals surface area contributed by atoms with E-state index in [9.17, 15) is 0 Å². The number of nitrogens with one attached hydrogen (secondary N) is 1. The molecule has 0 amide bonds. The van der Waals surface area contributed by atoms with Gasteiger partial charge in [-0.1, -0.05) is 54.4 Å². The second-order valence-electron chi connectivity index (χ2n) is 4.79. The van der Waals surface area contributed by atoms with Crippen LogP contribution in [-0.2, 0) is 0 Å². The molecule has 1 unspecified atom stereocenters. The average molecular weight is 324 g/mol. The van der Waals surface area contributed by atoms with Gasteiger partial charge in [-0.05, 0) is 42.8 Å². The van der Waals surface area contributed by atoms with Crippen molar-refractivity contribution in [2.45, 2.75) is 19.4 Å². The van der Waals surface area contributed by atoms with E-state index in [2.05, 4.69) is 18.3 Å². The van der Waals surface area contributed by atoms with Crippen LogP contribution < -0.4 is 10.1 Å². The highest BCUT2D eigenvalue weighted by Crippen LogP contribution is 2.33. The molecule has 0 radical (unpaired) electrons. The summed E-state index contributed by atoms with van der Waals surface area (Å²) < 4.78 is 5.69. The molecule has 2 rings (SSSR count). The zero-order valence-electron chi connectivity index (χ0n) is 12.2. The van der Waals surface area contributed by atoms with E-state index in [4.69, 9.17) is 27.9 Å². The number of ether oxygens (including phenoxy) is 1. The minimum atomic E-state index is -0.0265. The Balaban J connectivity index is 2.35. The van der Waals surface area contributed by atoms with Crippen molar-refractivity contribution in [2.24, 2.45) is 0 Å². The second kappa shape index (κ2) is 7.69. The van der Waals surface area contributed by atoms with E-state index in [-0.39, 0.29) is 6.04 Å². The Morgan fingerprint density at radius 3 is 2.62 bits per heavy atom. The minimum absolute atomic E-state index is 0.0265. The highest BCUT2D eigenvalue weighted by Gasteiger charge is 2.17. The summed E-state index contributed by atoms with van der Waals surface area (Å²) in [7, 11) is 1.90. The molecule has 0 bridgehead atoms. The molecule has 2 aromatic rings. The molecule has 0 heterocycles. The molecule has 0 aromatic heterocycles. The number of benzene rings is 2. The van der Waals surface area contributed by atoms with Crippen molar-refractivity contribution in [3.63, 3.8) is 0 Å². The van der Waals surface area contributed by atoms with Crippen LogP contribution >= 0.6 is 23.2 Å². The van der Waals surface area contributed by atoms with Crippen molar-refractivity contribution < 1.29 is 4.74 Å². The predicted molar refractivity (Wildman–Crippen MR) is 89.6 cm³/mol. The van der Waals surface area contributed by atoms with E-state index >= 15 is 0 Å². The van der Waals surface area contributed by atoms with Gasteiger partial charge >= 0.3 is 0 Å². The lowest BCUT2D eigenvalue weighted by Gasteiger charge is -2.20. The first kappa shape index (κ1) is 16.2. The summed E-state index contributed by atoms with van der Waals surface area (Å²) in [6, 6.07) is 13.7. The van der Waals surface area contributed by atoms with E-state index in [0.29, 0.717) is 16.7 Å². The number of hydrogen-bond donors (Lipinski definition) is 1. The van der Waals surface area contributed by atoms with E-state index in [1.807, 2.05) is 37.4 Å². The Labute approximate surface area is 136 Å². The van der Waals surface area contributed by atoms with Gasteiger partial charge in [0.05, 0.1) is 22.7 Å². The average Bonchev–Trinajstić information content (AvgIpc) is 2.50. The maximum absolute atomic E-state index is 6.34. The standard InChI is InChI=1S/C17H19Cl2NO/c1-3-10-21-13-7-4-6-12(11-13)17(20-2)14-8-5-9-15(18)16(14)19/h4-9,11,17,20H,3,10H2,1-2H3. The molecule has 0 saturated heterocycles. The fourth-order valence-corrected chi connectivity index (χ4v) is 2.67. The van der Waals surface area contributed by atoms with Crippen LogP contribution in [0.1, 0.15) is 30.5 Å². The normalized spacial score (nSPS) is 12.2. The fourth-order valence-electron chi connectivity index (χ4n) is 2.25. The van der Waals surface area contributed by atoms with Crippen molar-refractivity contribution in [1.82, 2.24) is 5.32 Å². The lowest BCUT2D eigenvalue weighted by atomic mass is 9.98. The highest BCUT2D eigenvalue weighted by molar-refractivity contribution is 6.42. The molecule has 0 aliphatic carbocycles. The molecular formula is C17H19Cl2NO. The van der Waals surface area contributed by atoms with Crippen LogP contribution in [0.5, 0.6) is 5.75 Å². The van der Waals surface area contributed by atoms with Crippen molar-refractivity contribution in [3.8, 4) is 5.75 Å². The Morgan fingerprint density at radius 2 is 1.90 bits per heavy atom. The number of rotatable bonds is 6. The SMILES string of the molecule is CCCOc1cccc(C(NC)c2cccc(Cl)c2Cl)c1. The molecule has 1 N–H and O–H groups in total. The zero-order chi connectivity index (χ0) is 15.2. The molecule has 2 nitrogen and oxygen atoms in total. The van der Waals surface area contributed by atoms with Gasteiger partial charge in [0.15, 0.2) is 0 Å². The Hall–Kier alpha value is -1.22.